The average Bonchev–Trinajstić information content (AvgIpc) is 2.26. The zero-order valence-corrected chi connectivity index (χ0v) is 10.1. The number of rotatable bonds is 3. The van der Waals surface area contributed by atoms with Crippen molar-refractivity contribution in [3.8, 4) is 0 Å². The number of nitrogens with zero attached hydrogens (tertiary/aromatic N) is 1. The molecule has 0 radical (unpaired) electrons. The van der Waals surface area contributed by atoms with Gasteiger partial charge in [0.2, 0.25) is 0 Å². The molecule has 1 rings (SSSR count). The van der Waals surface area contributed by atoms with Crippen molar-refractivity contribution in [3.63, 3.8) is 0 Å². The fraction of sp³-hybridized carbons (Fsp3) is 0.125. The van der Waals surface area contributed by atoms with Gasteiger partial charge < -0.3 is 9.82 Å². The highest BCUT2D eigenvalue weighted by Crippen LogP contribution is 2.34. The van der Waals surface area contributed by atoms with Gasteiger partial charge in [0.15, 0.2) is 0 Å². The maximum absolute atomic E-state index is 11.4. The van der Waals surface area contributed by atoms with Gasteiger partial charge in [-0.1, -0.05) is 11.6 Å². The van der Waals surface area contributed by atoms with Gasteiger partial charge in [-0.3, -0.25) is 10.1 Å². The lowest BCUT2D eigenvalue weighted by Gasteiger charge is -2.09. The number of esters is 1. The Morgan fingerprint density at radius 1 is 1.62 bits per heavy atom. The predicted octanol–water partition coefficient (Wildman–Crippen LogP) is 2.24. The fourth-order valence-electron chi connectivity index (χ4n) is 1.17. The number of nitro benzene ring substituents is 1. The molecule has 0 spiro atoms. The van der Waals surface area contributed by atoms with Crippen LogP contribution in [0.15, 0.2) is 12.1 Å². The molecule has 86 valence electrons. The lowest BCUT2D eigenvalue weighted by Crippen LogP contribution is -2.07. The van der Waals surface area contributed by atoms with Gasteiger partial charge >= 0.3 is 5.97 Å². The summed E-state index contributed by atoms with van der Waals surface area (Å²) in [7, 11) is 3.25. The third-order valence-corrected chi connectivity index (χ3v) is 2.47. The van der Waals surface area contributed by atoms with Crippen LogP contribution in [0.1, 0.15) is 10.4 Å². The smallest absolute Gasteiger partial charge is 0.341 e. The molecule has 0 aliphatic rings. The van der Waals surface area contributed by atoms with E-state index >= 15 is 0 Å². The number of carbonyl (C=O) groups excluding carboxylic acids is 1. The van der Waals surface area contributed by atoms with Crippen LogP contribution in [0.25, 0.3) is 0 Å². The van der Waals surface area contributed by atoms with Crippen LogP contribution in [0.2, 0.25) is 5.02 Å². The van der Waals surface area contributed by atoms with E-state index in [4.69, 9.17) is 11.6 Å². The van der Waals surface area contributed by atoms with E-state index < -0.39 is 10.9 Å². The molecule has 0 aliphatic carbocycles. The van der Waals surface area contributed by atoms with Gasteiger partial charge in [-0.15, -0.1) is 0 Å². The zero-order chi connectivity index (χ0) is 12.3. The first kappa shape index (κ1) is 12.7. The van der Waals surface area contributed by atoms with Gasteiger partial charge in [0.25, 0.3) is 5.69 Å². The van der Waals surface area contributed by atoms with Gasteiger partial charge in [-0.05, 0) is 15.5 Å². The molecule has 1 aromatic rings. The monoisotopic (exact) mass is 262 g/mol. The van der Waals surface area contributed by atoms with Crippen molar-refractivity contribution < 1.29 is 14.5 Å². The van der Waals surface area contributed by atoms with Crippen LogP contribution in [-0.2, 0) is 4.74 Å². The van der Waals surface area contributed by atoms with Gasteiger partial charge in [0, 0.05) is 6.07 Å². The molecule has 1 aromatic carbocycles. The number of anilines is 1. The summed E-state index contributed by atoms with van der Waals surface area (Å²) in [6.45, 7) is 0. The molecule has 8 heteroatoms. The SMILES string of the molecule is COC(=O)c1c(Cl)ccc([N+](=O)[O-])c1NP. The molecule has 0 amide bonds. The summed E-state index contributed by atoms with van der Waals surface area (Å²) in [4.78, 5) is 21.5. The molecule has 0 aliphatic heterocycles. The largest absolute Gasteiger partial charge is 0.465 e. The second-order valence-corrected chi connectivity index (χ2v) is 3.41. The summed E-state index contributed by atoms with van der Waals surface area (Å²) < 4.78 is 4.50. The molecule has 6 nitrogen and oxygen atoms in total. The average molecular weight is 263 g/mol. The third-order valence-electron chi connectivity index (χ3n) is 1.86. The van der Waals surface area contributed by atoms with Crippen LogP contribution in [0.5, 0.6) is 0 Å². The summed E-state index contributed by atoms with van der Waals surface area (Å²) in [6, 6.07) is 2.48. The molecule has 0 fully saturated rings. The van der Waals surface area contributed by atoms with E-state index in [1.165, 1.54) is 19.2 Å². The Balaban J connectivity index is 3.50. The maximum Gasteiger partial charge on any atom is 0.341 e. The predicted molar refractivity (Wildman–Crippen MR) is 62.8 cm³/mol. The highest BCUT2D eigenvalue weighted by molar-refractivity contribution is 7.18. The summed E-state index contributed by atoms with van der Waals surface area (Å²) in [5, 5.41) is 13.3. The molecular weight excluding hydrogens is 255 g/mol. The number of carbonyl (C=O) groups is 1. The molecule has 1 atom stereocenters. The first-order valence-electron chi connectivity index (χ1n) is 4.04. The summed E-state index contributed by atoms with van der Waals surface area (Å²) in [5.74, 6) is -0.737. The number of nitro groups is 1. The molecule has 1 N–H and O–H groups in total. The second kappa shape index (κ2) is 5.09. The molecule has 0 heterocycles. The lowest BCUT2D eigenvalue weighted by molar-refractivity contribution is -0.383. The minimum Gasteiger partial charge on any atom is -0.465 e. The number of hydrogen-bond acceptors (Lipinski definition) is 5. The quantitative estimate of drug-likeness (QED) is 0.391. The molecule has 0 saturated carbocycles. The topological polar surface area (TPSA) is 81.5 Å². The third kappa shape index (κ3) is 2.23. The van der Waals surface area contributed by atoms with Crippen molar-refractivity contribution in [2.75, 3.05) is 12.2 Å². The van der Waals surface area contributed by atoms with Crippen LogP contribution >= 0.6 is 21.0 Å². The standard InChI is InChI=1S/C8H8ClN2O4P/c1-15-8(12)6-4(9)2-3-5(11(13)14)7(6)10-16/h2-3,10H,16H2,1H3. The van der Waals surface area contributed by atoms with E-state index in [9.17, 15) is 14.9 Å². The highest BCUT2D eigenvalue weighted by Gasteiger charge is 2.24. The fourth-order valence-corrected chi connectivity index (χ4v) is 1.69. The van der Waals surface area contributed by atoms with Crippen molar-refractivity contribution in [3.05, 3.63) is 32.8 Å². The van der Waals surface area contributed by atoms with Crippen molar-refractivity contribution in [2.24, 2.45) is 0 Å². The number of hydrogen-bond donors (Lipinski definition) is 1. The minimum atomic E-state index is -0.737. The van der Waals surface area contributed by atoms with Crippen LogP contribution in [0.3, 0.4) is 0 Å². The van der Waals surface area contributed by atoms with E-state index in [-0.39, 0.29) is 22.0 Å². The Hall–Kier alpha value is -1.39. The first-order valence-corrected chi connectivity index (χ1v) is 5.00. The van der Waals surface area contributed by atoms with E-state index in [0.29, 0.717) is 0 Å². The number of ether oxygens (including phenoxy) is 1. The Bertz CT molecular complexity index is 452. The van der Waals surface area contributed by atoms with Crippen LogP contribution in [0.4, 0.5) is 11.4 Å². The number of benzene rings is 1. The van der Waals surface area contributed by atoms with Crippen LogP contribution in [0, 0.1) is 10.1 Å². The zero-order valence-electron chi connectivity index (χ0n) is 8.19. The number of methoxy groups -OCH3 is 1. The maximum atomic E-state index is 11.4. The van der Waals surface area contributed by atoms with Gasteiger partial charge in [-0.25, -0.2) is 4.79 Å². The van der Waals surface area contributed by atoms with E-state index in [2.05, 4.69) is 19.2 Å². The normalized spacial score (nSPS) is 9.69. The van der Waals surface area contributed by atoms with E-state index in [0.717, 1.165) is 0 Å². The van der Waals surface area contributed by atoms with E-state index in [1.54, 1.807) is 0 Å². The molecule has 0 saturated heterocycles. The molecular formula is C8H8ClN2O4P. The first-order chi connectivity index (χ1) is 7.52. The van der Waals surface area contributed by atoms with Gasteiger partial charge in [0.05, 0.1) is 17.1 Å². The Morgan fingerprint density at radius 3 is 2.69 bits per heavy atom. The second-order valence-electron chi connectivity index (χ2n) is 2.71. The van der Waals surface area contributed by atoms with E-state index in [1.807, 2.05) is 0 Å². The van der Waals surface area contributed by atoms with Gasteiger partial charge in [-0.2, -0.15) is 0 Å². The Kier molecular flexibility index (Phi) is 4.04. The molecule has 16 heavy (non-hydrogen) atoms. The van der Waals surface area contributed by atoms with Crippen molar-refractivity contribution in [1.29, 1.82) is 0 Å². The Labute approximate surface area is 98.3 Å². The highest BCUT2D eigenvalue weighted by atomic mass is 35.5. The van der Waals surface area contributed by atoms with Crippen molar-refractivity contribution in [2.45, 2.75) is 0 Å². The molecule has 0 bridgehead atoms. The van der Waals surface area contributed by atoms with Crippen LogP contribution < -0.4 is 5.09 Å². The van der Waals surface area contributed by atoms with Gasteiger partial charge in [0.1, 0.15) is 11.3 Å². The summed E-state index contributed by atoms with van der Waals surface area (Å²) in [5.41, 5.74) is -0.303. The molecule has 0 aromatic heterocycles. The van der Waals surface area contributed by atoms with Crippen molar-refractivity contribution in [1.82, 2.24) is 0 Å². The molecule has 1 unspecified atom stereocenters. The Morgan fingerprint density at radius 2 is 2.25 bits per heavy atom. The van der Waals surface area contributed by atoms with Crippen LogP contribution in [-0.4, -0.2) is 18.0 Å². The minimum absolute atomic E-state index is 0.00866. The lowest BCUT2D eigenvalue weighted by atomic mass is 10.1. The van der Waals surface area contributed by atoms with Crippen molar-refractivity contribution >= 4 is 38.3 Å². The number of halogens is 1. The summed E-state index contributed by atoms with van der Waals surface area (Å²) in [6.07, 6.45) is 0. The summed E-state index contributed by atoms with van der Waals surface area (Å²) >= 11 is 5.79. The number of nitrogens with one attached hydrogen (secondary N) is 1.